The van der Waals surface area contributed by atoms with E-state index in [0.717, 1.165) is 0 Å². The molecule has 0 fully saturated rings. The molecule has 1 aromatic rings. The molecule has 0 aliphatic rings. The number of carbonyl (C=O) groups is 1. The van der Waals surface area contributed by atoms with E-state index >= 15 is 0 Å². The van der Waals surface area contributed by atoms with Crippen molar-refractivity contribution in [3.63, 3.8) is 0 Å². The zero-order valence-corrected chi connectivity index (χ0v) is 8.88. The van der Waals surface area contributed by atoms with Gasteiger partial charge in [0.2, 0.25) is 0 Å². The van der Waals surface area contributed by atoms with Crippen molar-refractivity contribution in [2.24, 2.45) is 0 Å². The molecule has 1 rings (SSSR count). The molecule has 0 amide bonds. The maximum absolute atomic E-state index is 13.3. The molecular formula is C12H12FNO2. The lowest BCUT2D eigenvalue weighted by Crippen LogP contribution is -2.06. The van der Waals surface area contributed by atoms with Crippen molar-refractivity contribution in [2.75, 3.05) is 13.6 Å². The van der Waals surface area contributed by atoms with E-state index in [1.165, 1.54) is 18.2 Å². The summed E-state index contributed by atoms with van der Waals surface area (Å²) < 4.78 is 13.3. The third-order valence-electron chi connectivity index (χ3n) is 1.96. The maximum atomic E-state index is 13.3. The lowest BCUT2D eigenvalue weighted by molar-refractivity contribution is 0.0696. The summed E-state index contributed by atoms with van der Waals surface area (Å²) >= 11 is 0. The summed E-state index contributed by atoms with van der Waals surface area (Å²) in [7, 11) is 1.79. The molecule has 16 heavy (non-hydrogen) atoms. The zero-order chi connectivity index (χ0) is 12.0. The molecule has 0 radical (unpaired) electrons. The third kappa shape index (κ3) is 3.07. The highest BCUT2D eigenvalue weighted by atomic mass is 19.1. The Balaban J connectivity index is 3.00. The molecule has 3 nitrogen and oxygen atoms in total. The van der Waals surface area contributed by atoms with Crippen LogP contribution in [0.4, 0.5) is 4.39 Å². The summed E-state index contributed by atoms with van der Waals surface area (Å²) in [5.41, 5.74) is -0.150. The summed E-state index contributed by atoms with van der Waals surface area (Å²) in [5.74, 6) is 3.51. The van der Waals surface area contributed by atoms with Gasteiger partial charge in [-0.3, -0.25) is 0 Å². The fourth-order valence-electron chi connectivity index (χ4n) is 1.17. The summed E-state index contributed by atoms with van der Waals surface area (Å²) in [6, 6.07) is 3.90. The van der Waals surface area contributed by atoms with E-state index in [2.05, 4.69) is 17.2 Å². The molecule has 0 aliphatic carbocycles. The van der Waals surface area contributed by atoms with Crippen molar-refractivity contribution in [2.45, 2.75) is 6.42 Å². The second-order valence-electron chi connectivity index (χ2n) is 3.12. The predicted molar refractivity (Wildman–Crippen MR) is 58.8 cm³/mol. The van der Waals surface area contributed by atoms with Crippen molar-refractivity contribution in [1.82, 2.24) is 5.32 Å². The number of benzene rings is 1. The van der Waals surface area contributed by atoms with Crippen LogP contribution in [-0.2, 0) is 0 Å². The van der Waals surface area contributed by atoms with Crippen molar-refractivity contribution in [3.8, 4) is 11.8 Å². The number of carboxylic acid groups (broad SMARTS) is 1. The Labute approximate surface area is 93.3 Å². The van der Waals surface area contributed by atoms with E-state index < -0.39 is 11.8 Å². The number of hydrogen-bond acceptors (Lipinski definition) is 2. The van der Waals surface area contributed by atoms with Gasteiger partial charge in [-0.25, -0.2) is 9.18 Å². The minimum Gasteiger partial charge on any atom is -0.478 e. The van der Waals surface area contributed by atoms with Crippen LogP contribution in [0.1, 0.15) is 22.3 Å². The Kier molecular flexibility index (Phi) is 4.49. The topological polar surface area (TPSA) is 49.3 Å². The Hall–Kier alpha value is -1.86. The van der Waals surface area contributed by atoms with Crippen molar-refractivity contribution >= 4 is 5.97 Å². The molecule has 2 N–H and O–H groups in total. The molecule has 0 spiro atoms. The van der Waals surface area contributed by atoms with Gasteiger partial charge in [0.05, 0.1) is 11.1 Å². The smallest absolute Gasteiger partial charge is 0.337 e. The second-order valence-corrected chi connectivity index (χ2v) is 3.12. The molecule has 0 saturated carbocycles. The predicted octanol–water partition coefficient (Wildman–Crippen LogP) is 1.48. The number of hydrogen-bond donors (Lipinski definition) is 2. The second kappa shape index (κ2) is 5.89. The highest BCUT2D eigenvalue weighted by molar-refractivity contribution is 5.90. The summed E-state index contributed by atoms with van der Waals surface area (Å²) in [6.07, 6.45) is 0.546. The van der Waals surface area contributed by atoms with E-state index in [-0.39, 0.29) is 11.1 Å². The van der Waals surface area contributed by atoms with Crippen LogP contribution in [0.2, 0.25) is 0 Å². The molecule has 0 aliphatic heterocycles. The molecule has 0 aromatic heterocycles. The highest BCUT2D eigenvalue weighted by Crippen LogP contribution is 2.12. The SMILES string of the molecule is CNCCC#Cc1c(F)cccc1C(=O)O. The molecule has 0 bridgehead atoms. The fraction of sp³-hybridized carbons (Fsp3) is 0.250. The Bertz CT molecular complexity index is 446. The van der Waals surface area contributed by atoms with Gasteiger partial charge < -0.3 is 10.4 Å². The normalized spacial score (nSPS) is 9.38. The molecule has 0 atom stereocenters. The van der Waals surface area contributed by atoms with Crippen LogP contribution in [0.15, 0.2) is 18.2 Å². The molecule has 0 saturated heterocycles. The van der Waals surface area contributed by atoms with Crippen LogP contribution in [0.5, 0.6) is 0 Å². The lowest BCUT2D eigenvalue weighted by Gasteiger charge is -1.99. The summed E-state index contributed by atoms with van der Waals surface area (Å²) in [6.45, 7) is 0.684. The Morgan fingerprint density at radius 3 is 2.94 bits per heavy atom. The van der Waals surface area contributed by atoms with Crippen molar-refractivity contribution in [1.29, 1.82) is 0 Å². The van der Waals surface area contributed by atoms with Gasteiger partial charge in [-0.1, -0.05) is 17.9 Å². The molecular weight excluding hydrogens is 209 g/mol. The van der Waals surface area contributed by atoms with Gasteiger partial charge in [-0.05, 0) is 19.2 Å². The monoisotopic (exact) mass is 221 g/mol. The van der Waals surface area contributed by atoms with Crippen LogP contribution in [-0.4, -0.2) is 24.7 Å². The first kappa shape index (κ1) is 12.2. The first-order valence-corrected chi connectivity index (χ1v) is 4.82. The summed E-state index contributed by atoms with van der Waals surface area (Å²) in [5, 5.41) is 11.7. The van der Waals surface area contributed by atoms with Gasteiger partial charge in [0.15, 0.2) is 0 Å². The first-order valence-electron chi connectivity index (χ1n) is 4.82. The average molecular weight is 221 g/mol. The van der Waals surface area contributed by atoms with E-state index in [9.17, 15) is 9.18 Å². The maximum Gasteiger partial charge on any atom is 0.337 e. The van der Waals surface area contributed by atoms with E-state index in [4.69, 9.17) is 5.11 Å². The van der Waals surface area contributed by atoms with Gasteiger partial charge in [-0.15, -0.1) is 0 Å². The van der Waals surface area contributed by atoms with Crippen LogP contribution in [0.25, 0.3) is 0 Å². The Morgan fingerprint density at radius 2 is 2.31 bits per heavy atom. The van der Waals surface area contributed by atoms with Crippen LogP contribution < -0.4 is 5.32 Å². The molecule has 84 valence electrons. The number of aromatic carboxylic acids is 1. The minimum atomic E-state index is -1.17. The van der Waals surface area contributed by atoms with Crippen molar-refractivity contribution < 1.29 is 14.3 Å². The molecule has 4 heteroatoms. The number of carboxylic acids is 1. The molecule has 0 heterocycles. The summed E-state index contributed by atoms with van der Waals surface area (Å²) in [4.78, 5) is 10.8. The first-order chi connectivity index (χ1) is 7.66. The average Bonchev–Trinajstić information content (AvgIpc) is 2.25. The van der Waals surface area contributed by atoms with Gasteiger partial charge in [0, 0.05) is 13.0 Å². The third-order valence-corrected chi connectivity index (χ3v) is 1.96. The molecule has 1 aromatic carbocycles. The number of nitrogens with one attached hydrogen (secondary N) is 1. The van der Waals surface area contributed by atoms with Crippen molar-refractivity contribution in [3.05, 3.63) is 35.1 Å². The Morgan fingerprint density at radius 1 is 1.56 bits per heavy atom. The van der Waals surface area contributed by atoms with Gasteiger partial charge in [-0.2, -0.15) is 0 Å². The lowest BCUT2D eigenvalue weighted by atomic mass is 10.1. The molecule has 0 unspecified atom stereocenters. The largest absolute Gasteiger partial charge is 0.478 e. The van der Waals surface area contributed by atoms with Crippen LogP contribution in [0, 0.1) is 17.7 Å². The van der Waals surface area contributed by atoms with Crippen LogP contribution in [0.3, 0.4) is 0 Å². The van der Waals surface area contributed by atoms with E-state index in [0.29, 0.717) is 13.0 Å². The van der Waals surface area contributed by atoms with Gasteiger partial charge in [0.25, 0.3) is 0 Å². The standard InChI is InChI=1S/C12H12FNO2/c1-14-8-3-2-5-9-10(12(15)16)6-4-7-11(9)13/h4,6-7,14H,3,8H2,1H3,(H,15,16). The fourth-order valence-corrected chi connectivity index (χ4v) is 1.17. The van der Waals surface area contributed by atoms with E-state index in [1.54, 1.807) is 7.05 Å². The minimum absolute atomic E-state index is 0.0499. The van der Waals surface area contributed by atoms with E-state index in [1.807, 2.05) is 0 Å². The van der Waals surface area contributed by atoms with Gasteiger partial charge >= 0.3 is 5.97 Å². The highest BCUT2D eigenvalue weighted by Gasteiger charge is 2.11. The van der Waals surface area contributed by atoms with Gasteiger partial charge in [0.1, 0.15) is 5.82 Å². The number of halogens is 1. The number of rotatable bonds is 3. The zero-order valence-electron chi connectivity index (χ0n) is 8.88. The quantitative estimate of drug-likeness (QED) is 0.600. The van der Waals surface area contributed by atoms with Crippen LogP contribution >= 0.6 is 0 Å².